The summed E-state index contributed by atoms with van der Waals surface area (Å²) < 4.78 is 16.1. The highest BCUT2D eigenvalue weighted by atomic mass is 16.5. The van der Waals surface area contributed by atoms with Gasteiger partial charge in [-0.3, -0.25) is 4.79 Å². The van der Waals surface area contributed by atoms with E-state index in [0.717, 1.165) is 25.9 Å². The van der Waals surface area contributed by atoms with Gasteiger partial charge in [0.1, 0.15) is 5.60 Å². The van der Waals surface area contributed by atoms with Gasteiger partial charge < -0.3 is 29.1 Å². The highest BCUT2D eigenvalue weighted by molar-refractivity contribution is 5.95. The Hall–Kier alpha value is -1.83. The smallest absolute Gasteiger partial charge is 0.254 e. The fraction of sp³-hybridized carbons (Fsp3) is 0.632. The minimum absolute atomic E-state index is 0.142. The molecular formula is C19H28N2O5. The Labute approximate surface area is 154 Å². The Morgan fingerprint density at radius 2 is 1.92 bits per heavy atom. The Kier molecular flexibility index (Phi) is 6.01. The number of carbonyl (C=O) groups excluding carboxylic acids is 1. The fourth-order valence-corrected chi connectivity index (χ4v) is 3.69. The summed E-state index contributed by atoms with van der Waals surface area (Å²) in [4.78, 5) is 16.9. The number of likely N-dealkylation sites (tertiary alicyclic amines) is 1. The van der Waals surface area contributed by atoms with Crippen LogP contribution in [0.4, 0.5) is 0 Å². The molecule has 1 atom stereocenters. The van der Waals surface area contributed by atoms with Gasteiger partial charge in [-0.25, -0.2) is 0 Å². The first-order chi connectivity index (χ1) is 12.5. The first-order valence-corrected chi connectivity index (χ1v) is 9.08. The Morgan fingerprint density at radius 3 is 2.62 bits per heavy atom. The van der Waals surface area contributed by atoms with Crippen molar-refractivity contribution in [2.45, 2.75) is 18.4 Å². The number of hydrogen-bond acceptors (Lipinski definition) is 6. The van der Waals surface area contributed by atoms with Crippen molar-refractivity contribution in [3.05, 3.63) is 23.8 Å². The van der Waals surface area contributed by atoms with Crippen molar-refractivity contribution in [1.82, 2.24) is 9.80 Å². The summed E-state index contributed by atoms with van der Waals surface area (Å²) in [6.45, 7) is 3.90. The van der Waals surface area contributed by atoms with E-state index in [-0.39, 0.29) is 19.1 Å². The largest absolute Gasteiger partial charge is 0.493 e. The summed E-state index contributed by atoms with van der Waals surface area (Å²) in [6, 6.07) is 5.11. The third kappa shape index (κ3) is 4.28. The molecule has 3 rings (SSSR count). The predicted octanol–water partition coefficient (Wildman–Crippen LogP) is 1.00. The quantitative estimate of drug-likeness (QED) is 0.841. The van der Waals surface area contributed by atoms with Gasteiger partial charge in [-0.15, -0.1) is 0 Å². The Morgan fingerprint density at radius 1 is 1.19 bits per heavy atom. The minimum Gasteiger partial charge on any atom is -0.493 e. The molecule has 2 aliphatic heterocycles. The SMILES string of the molecule is COc1ccc(C(=O)N2CCOCC(O)(CN3CCCC3)C2)cc1OC. The summed E-state index contributed by atoms with van der Waals surface area (Å²) in [5.74, 6) is 0.946. The number of carbonyl (C=O) groups is 1. The average Bonchev–Trinajstić information content (AvgIpc) is 3.07. The van der Waals surface area contributed by atoms with E-state index >= 15 is 0 Å². The van der Waals surface area contributed by atoms with E-state index in [9.17, 15) is 9.90 Å². The standard InChI is InChI=1S/C19H28N2O5/c1-24-16-6-5-15(11-17(16)25-2)18(22)21-9-10-26-14-19(23,13-21)12-20-7-3-4-8-20/h5-6,11,23H,3-4,7-10,12-14H2,1-2H3. The van der Waals surface area contributed by atoms with Gasteiger partial charge in [0.15, 0.2) is 11.5 Å². The molecule has 2 heterocycles. The van der Waals surface area contributed by atoms with E-state index in [0.29, 0.717) is 36.8 Å². The molecular weight excluding hydrogens is 336 g/mol. The highest BCUT2D eigenvalue weighted by Gasteiger charge is 2.37. The maximum Gasteiger partial charge on any atom is 0.254 e. The molecule has 2 aliphatic rings. The van der Waals surface area contributed by atoms with Crippen molar-refractivity contribution >= 4 is 5.91 Å². The summed E-state index contributed by atoms with van der Waals surface area (Å²) in [7, 11) is 3.10. The molecule has 2 fully saturated rings. The van der Waals surface area contributed by atoms with Crippen LogP contribution in [0.25, 0.3) is 0 Å². The predicted molar refractivity (Wildman–Crippen MR) is 96.9 cm³/mol. The van der Waals surface area contributed by atoms with E-state index in [1.165, 1.54) is 0 Å². The van der Waals surface area contributed by atoms with Gasteiger partial charge in [0.05, 0.1) is 34.0 Å². The molecule has 1 aromatic carbocycles. The summed E-state index contributed by atoms with van der Waals surface area (Å²) >= 11 is 0. The van der Waals surface area contributed by atoms with Crippen molar-refractivity contribution in [1.29, 1.82) is 0 Å². The number of nitrogens with zero attached hydrogens (tertiary/aromatic N) is 2. The number of amides is 1. The van der Waals surface area contributed by atoms with Crippen LogP contribution in [0.15, 0.2) is 18.2 Å². The van der Waals surface area contributed by atoms with Crippen molar-refractivity contribution in [2.75, 3.05) is 60.2 Å². The van der Waals surface area contributed by atoms with E-state index in [1.807, 2.05) is 0 Å². The van der Waals surface area contributed by atoms with Gasteiger partial charge in [-0.2, -0.15) is 0 Å². The van der Waals surface area contributed by atoms with E-state index in [4.69, 9.17) is 14.2 Å². The van der Waals surface area contributed by atoms with Crippen LogP contribution in [-0.4, -0.2) is 86.6 Å². The molecule has 0 radical (unpaired) electrons. The second kappa shape index (κ2) is 8.24. The van der Waals surface area contributed by atoms with Crippen LogP contribution in [0.5, 0.6) is 11.5 Å². The Bertz CT molecular complexity index is 632. The van der Waals surface area contributed by atoms with Crippen LogP contribution in [-0.2, 0) is 4.74 Å². The van der Waals surface area contributed by atoms with Gasteiger partial charge in [-0.05, 0) is 44.1 Å². The molecule has 26 heavy (non-hydrogen) atoms. The maximum atomic E-state index is 13.0. The van der Waals surface area contributed by atoms with Gasteiger partial charge in [0.25, 0.3) is 5.91 Å². The second-order valence-electron chi connectivity index (χ2n) is 7.06. The lowest BCUT2D eigenvalue weighted by Gasteiger charge is -2.34. The topological polar surface area (TPSA) is 71.5 Å². The monoisotopic (exact) mass is 364 g/mol. The fourth-order valence-electron chi connectivity index (χ4n) is 3.69. The number of hydrogen-bond donors (Lipinski definition) is 1. The van der Waals surface area contributed by atoms with Gasteiger partial charge in [0.2, 0.25) is 0 Å². The van der Waals surface area contributed by atoms with E-state index in [2.05, 4.69) is 4.90 Å². The van der Waals surface area contributed by atoms with Crippen LogP contribution in [0.3, 0.4) is 0 Å². The average molecular weight is 364 g/mol. The number of methoxy groups -OCH3 is 2. The molecule has 144 valence electrons. The highest BCUT2D eigenvalue weighted by Crippen LogP contribution is 2.28. The van der Waals surface area contributed by atoms with Crippen molar-refractivity contribution in [2.24, 2.45) is 0 Å². The molecule has 7 nitrogen and oxygen atoms in total. The molecule has 7 heteroatoms. The second-order valence-corrected chi connectivity index (χ2v) is 7.06. The number of rotatable bonds is 5. The van der Waals surface area contributed by atoms with Crippen molar-refractivity contribution in [3.63, 3.8) is 0 Å². The first kappa shape index (κ1) is 18.9. The molecule has 0 saturated carbocycles. The van der Waals surface area contributed by atoms with Gasteiger partial charge >= 0.3 is 0 Å². The third-order valence-corrected chi connectivity index (χ3v) is 5.00. The van der Waals surface area contributed by atoms with Crippen LogP contribution in [0, 0.1) is 0 Å². The summed E-state index contributed by atoms with van der Waals surface area (Å²) in [6.07, 6.45) is 2.32. The molecule has 0 aliphatic carbocycles. The first-order valence-electron chi connectivity index (χ1n) is 9.08. The van der Waals surface area contributed by atoms with Gasteiger partial charge in [0, 0.05) is 18.7 Å². The number of aliphatic hydroxyl groups is 1. The lowest BCUT2D eigenvalue weighted by atomic mass is 10.0. The van der Waals surface area contributed by atoms with Gasteiger partial charge in [-0.1, -0.05) is 0 Å². The van der Waals surface area contributed by atoms with E-state index < -0.39 is 5.60 Å². The zero-order chi connectivity index (χ0) is 18.6. The summed E-state index contributed by atoms with van der Waals surface area (Å²) in [5.41, 5.74) is -0.541. The number of benzene rings is 1. The molecule has 1 N–H and O–H groups in total. The molecule has 0 spiro atoms. The molecule has 1 unspecified atom stereocenters. The normalized spacial score (nSPS) is 24.3. The molecule has 1 aromatic rings. The van der Waals surface area contributed by atoms with Crippen LogP contribution < -0.4 is 9.47 Å². The third-order valence-electron chi connectivity index (χ3n) is 5.00. The maximum absolute atomic E-state index is 13.0. The van der Waals surface area contributed by atoms with Crippen molar-refractivity contribution in [3.8, 4) is 11.5 Å². The zero-order valence-corrected chi connectivity index (χ0v) is 15.6. The molecule has 0 bridgehead atoms. The van der Waals surface area contributed by atoms with Crippen molar-refractivity contribution < 1.29 is 24.1 Å². The number of ether oxygens (including phenoxy) is 3. The lowest BCUT2D eigenvalue weighted by Crippen LogP contribution is -2.53. The van der Waals surface area contributed by atoms with Crippen LogP contribution in [0.2, 0.25) is 0 Å². The lowest BCUT2D eigenvalue weighted by molar-refractivity contribution is -0.0524. The molecule has 0 aromatic heterocycles. The van der Waals surface area contributed by atoms with Crippen LogP contribution >= 0.6 is 0 Å². The summed E-state index contributed by atoms with van der Waals surface area (Å²) in [5, 5.41) is 11.1. The zero-order valence-electron chi connectivity index (χ0n) is 15.6. The number of β-amino-alcohol motifs (C(OH)–C–C–N with tert-alkyl or cyclic N) is 1. The minimum atomic E-state index is -1.05. The Balaban J connectivity index is 1.75. The van der Waals surface area contributed by atoms with E-state index in [1.54, 1.807) is 37.3 Å². The molecule has 2 saturated heterocycles. The van der Waals surface area contributed by atoms with Crippen LogP contribution in [0.1, 0.15) is 23.2 Å². The molecule has 1 amide bonds.